The van der Waals surface area contributed by atoms with Crippen LogP contribution in [0.5, 0.6) is 0 Å². The fourth-order valence-corrected chi connectivity index (χ4v) is 1.77. The zero-order valence-corrected chi connectivity index (χ0v) is 10.9. The average Bonchev–Trinajstić information content (AvgIpc) is 2.26. The minimum atomic E-state index is -1.15. The molecule has 18 heavy (non-hydrogen) atoms. The SMILES string of the molecule is CC(C)c1nc(C(C)C)c(C(=O)O)cc1C(=O)O. The third-order valence-corrected chi connectivity index (χ3v) is 2.64. The summed E-state index contributed by atoms with van der Waals surface area (Å²) < 4.78 is 0. The van der Waals surface area contributed by atoms with Gasteiger partial charge in [-0.05, 0) is 17.9 Å². The van der Waals surface area contributed by atoms with Crippen molar-refractivity contribution >= 4 is 11.9 Å². The Morgan fingerprint density at radius 2 is 1.28 bits per heavy atom. The molecule has 0 saturated heterocycles. The van der Waals surface area contributed by atoms with E-state index in [1.165, 1.54) is 6.07 Å². The minimum absolute atomic E-state index is 0.0354. The van der Waals surface area contributed by atoms with Crippen LogP contribution in [0.4, 0.5) is 0 Å². The van der Waals surface area contributed by atoms with Crippen LogP contribution in [0.1, 0.15) is 71.6 Å². The molecule has 0 atom stereocenters. The van der Waals surface area contributed by atoms with E-state index in [1.54, 1.807) is 0 Å². The van der Waals surface area contributed by atoms with Gasteiger partial charge in [0.1, 0.15) is 0 Å². The number of carboxylic acids is 2. The Balaban J connectivity index is 3.60. The molecule has 0 bridgehead atoms. The fourth-order valence-electron chi connectivity index (χ4n) is 1.77. The van der Waals surface area contributed by atoms with E-state index in [1.807, 2.05) is 27.7 Å². The van der Waals surface area contributed by atoms with Crippen molar-refractivity contribution in [1.29, 1.82) is 0 Å². The van der Waals surface area contributed by atoms with Gasteiger partial charge in [-0.2, -0.15) is 0 Å². The first kappa shape index (κ1) is 14.2. The Morgan fingerprint density at radius 1 is 0.944 bits per heavy atom. The summed E-state index contributed by atoms with van der Waals surface area (Å²) in [4.78, 5) is 26.6. The minimum Gasteiger partial charge on any atom is -0.478 e. The normalized spacial score (nSPS) is 11.0. The van der Waals surface area contributed by atoms with Gasteiger partial charge in [-0.3, -0.25) is 4.98 Å². The van der Waals surface area contributed by atoms with E-state index in [-0.39, 0.29) is 23.0 Å². The zero-order chi connectivity index (χ0) is 14.0. The smallest absolute Gasteiger partial charge is 0.337 e. The van der Waals surface area contributed by atoms with Crippen LogP contribution < -0.4 is 0 Å². The Kier molecular flexibility index (Phi) is 4.06. The van der Waals surface area contributed by atoms with Gasteiger partial charge >= 0.3 is 11.9 Å². The lowest BCUT2D eigenvalue weighted by molar-refractivity contribution is 0.0694. The number of pyridine rings is 1. The number of aromatic carboxylic acids is 2. The molecule has 0 radical (unpaired) electrons. The molecular weight excluding hydrogens is 234 g/mol. The number of carboxylic acid groups (broad SMARTS) is 2. The number of nitrogens with zero attached hydrogens (tertiary/aromatic N) is 1. The first-order valence-corrected chi connectivity index (χ1v) is 5.77. The monoisotopic (exact) mass is 251 g/mol. The summed E-state index contributed by atoms with van der Waals surface area (Å²) in [6, 6.07) is 1.21. The van der Waals surface area contributed by atoms with E-state index in [9.17, 15) is 9.59 Å². The van der Waals surface area contributed by atoms with Gasteiger partial charge in [0.05, 0.1) is 22.5 Å². The maximum atomic E-state index is 11.1. The molecule has 0 unspecified atom stereocenters. The Morgan fingerprint density at radius 3 is 1.50 bits per heavy atom. The zero-order valence-electron chi connectivity index (χ0n) is 10.9. The third-order valence-electron chi connectivity index (χ3n) is 2.64. The van der Waals surface area contributed by atoms with Crippen molar-refractivity contribution in [1.82, 2.24) is 4.98 Å². The van der Waals surface area contributed by atoms with E-state index in [0.29, 0.717) is 11.4 Å². The summed E-state index contributed by atoms with van der Waals surface area (Å²) >= 11 is 0. The molecule has 0 fully saturated rings. The van der Waals surface area contributed by atoms with Crippen LogP contribution in [0.3, 0.4) is 0 Å². The van der Waals surface area contributed by atoms with Gasteiger partial charge in [0, 0.05) is 0 Å². The summed E-state index contributed by atoms with van der Waals surface area (Å²) in [6.07, 6.45) is 0. The molecule has 0 aliphatic heterocycles. The topological polar surface area (TPSA) is 87.5 Å². The van der Waals surface area contributed by atoms with Crippen LogP contribution in [-0.4, -0.2) is 27.1 Å². The van der Waals surface area contributed by atoms with Gasteiger partial charge < -0.3 is 10.2 Å². The summed E-state index contributed by atoms with van der Waals surface area (Å²) in [5.41, 5.74) is 0.783. The van der Waals surface area contributed by atoms with Crippen LogP contribution in [0.15, 0.2) is 6.07 Å². The van der Waals surface area contributed by atoms with Gasteiger partial charge in [0.15, 0.2) is 0 Å². The lowest BCUT2D eigenvalue weighted by Gasteiger charge is -2.15. The summed E-state index contributed by atoms with van der Waals surface area (Å²) in [6.45, 7) is 7.33. The fraction of sp³-hybridized carbons (Fsp3) is 0.462. The maximum Gasteiger partial charge on any atom is 0.337 e. The standard InChI is InChI=1S/C13H17NO4/c1-6(2)10-8(12(15)16)5-9(13(17)18)11(14-10)7(3)4/h5-7H,1-4H3,(H,15,16)(H,17,18). The molecule has 1 aromatic heterocycles. The quantitative estimate of drug-likeness (QED) is 0.859. The third kappa shape index (κ3) is 2.67. The highest BCUT2D eigenvalue weighted by Gasteiger charge is 2.22. The van der Waals surface area contributed by atoms with Crippen molar-refractivity contribution in [3.05, 3.63) is 28.6 Å². The van der Waals surface area contributed by atoms with Gasteiger partial charge in [-0.1, -0.05) is 27.7 Å². The van der Waals surface area contributed by atoms with Crippen molar-refractivity contribution < 1.29 is 19.8 Å². The molecule has 5 heteroatoms. The van der Waals surface area contributed by atoms with Crippen molar-refractivity contribution in [3.8, 4) is 0 Å². The second-order valence-electron chi connectivity index (χ2n) is 4.77. The highest BCUT2D eigenvalue weighted by Crippen LogP contribution is 2.25. The molecule has 0 aliphatic carbocycles. The van der Waals surface area contributed by atoms with Gasteiger partial charge in [-0.15, -0.1) is 0 Å². The van der Waals surface area contributed by atoms with Crippen molar-refractivity contribution in [3.63, 3.8) is 0 Å². The van der Waals surface area contributed by atoms with Gasteiger partial charge in [0.25, 0.3) is 0 Å². The van der Waals surface area contributed by atoms with Crippen molar-refractivity contribution in [2.45, 2.75) is 39.5 Å². The first-order valence-electron chi connectivity index (χ1n) is 5.77. The summed E-state index contributed by atoms with van der Waals surface area (Å²) in [5.74, 6) is -2.44. The number of rotatable bonds is 4. The Hall–Kier alpha value is -1.91. The molecule has 1 aromatic rings. The second kappa shape index (κ2) is 5.16. The van der Waals surface area contributed by atoms with E-state index in [0.717, 1.165) is 0 Å². The van der Waals surface area contributed by atoms with E-state index in [2.05, 4.69) is 4.98 Å². The lowest BCUT2D eigenvalue weighted by atomic mass is 9.96. The Bertz CT molecular complexity index is 451. The molecule has 0 aliphatic rings. The summed E-state index contributed by atoms with van der Waals surface area (Å²) in [7, 11) is 0. The van der Waals surface area contributed by atoms with Crippen molar-refractivity contribution in [2.75, 3.05) is 0 Å². The second-order valence-corrected chi connectivity index (χ2v) is 4.77. The van der Waals surface area contributed by atoms with Gasteiger partial charge in [-0.25, -0.2) is 9.59 Å². The molecule has 0 saturated carbocycles. The van der Waals surface area contributed by atoms with Crippen LogP contribution >= 0.6 is 0 Å². The van der Waals surface area contributed by atoms with Crippen LogP contribution in [-0.2, 0) is 0 Å². The van der Waals surface area contributed by atoms with E-state index < -0.39 is 11.9 Å². The Labute approximate surface area is 105 Å². The largest absolute Gasteiger partial charge is 0.478 e. The summed E-state index contributed by atoms with van der Waals surface area (Å²) in [5, 5.41) is 18.2. The number of hydrogen-bond acceptors (Lipinski definition) is 3. The molecule has 1 rings (SSSR count). The highest BCUT2D eigenvalue weighted by atomic mass is 16.4. The van der Waals surface area contributed by atoms with E-state index in [4.69, 9.17) is 10.2 Å². The number of aromatic nitrogens is 1. The average molecular weight is 251 g/mol. The maximum absolute atomic E-state index is 11.1. The molecule has 0 spiro atoms. The van der Waals surface area contributed by atoms with Crippen LogP contribution in [0.2, 0.25) is 0 Å². The number of carbonyl (C=O) groups is 2. The van der Waals surface area contributed by atoms with Gasteiger partial charge in [0.2, 0.25) is 0 Å². The molecule has 0 amide bonds. The molecule has 0 aromatic carbocycles. The number of hydrogen-bond donors (Lipinski definition) is 2. The van der Waals surface area contributed by atoms with Crippen LogP contribution in [0.25, 0.3) is 0 Å². The molecule has 1 heterocycles. The predicted molar refractivity (Wildman–Crippen MR) is 66.3 cm³/mol. The molecule has 2 N–H and O–H groups in total. The first-order chi connectivity index (χ1) is 8.25. The van der Waals surface area contributed by atoms with Crippen molar-refractivity contribution in [2.24, 2.45) is 0 Å². The predicted octanol–water partition coefficient (Wildman–Crippen LogP) is 2.72. The van der Waals surface area contributed by atoms with Crippen LogP contribution in [0, 0.1) is 0 Å². The van der Waals surface area contributed by atoms with E-state index >= 15 is 0 Å². The molecule has 5 nitrogen and oxygen atoms in total. The molecule has 98 valence electrons. The highest BCUT2D eigenvalue weighted by molar-refractivity contribution is 5.95. The lowest BCUT2D eigenvalue weighted by Crippen LogP contribution is -2.14. The molecular formula is C13H17NO4.